The fourth-order valence-corrected chi connectivity index (χ4v) is 4.83. The second kappa shape index (κ2) is 9.48. The van der Waals surface area contributed by atoms with Crippen LogP contribution >= 0.6 is 23.1 Å². The quantitative estimate of drug-likeness (QED) is 0.665. The lowest BCUT2D eigenvalue weighted by atomic mass is 10.2. The molecular weight excluding hydrogens is 398 g/mol. The van der Waals surface area contributed by atoms with Crippen molar-refractivity contribution < 1.29 is 9.53 Å². The first kappa shape index (κ1) is 19.3. The molecule has 2 aliphatic heterocycles. The number of hydrogen-bond donors (Lipinski definition) is 1. The van der Waals surface area contributed by atoms with E-state index in [4.69, 9.17) is 4.74 Å². The number of amides is 1. The van der Waals surface area contributed by atoms with Gasteiger partial charge in [-0.15, -0.1) is 10.2 Å². The molecule has 1 unspecified atom stereocenters. The minimum atomic E-state index is 0.127. The van der Waals surface area contributed by atoms with Gasteiger partial charge >= 0.3 is 0 Å². The number of nitrogens with one attached hydrogen (secondary N) is 1. The zero-order valence-corrected chi connectivity index (χ0v) is 17.1. The molecule has 2 aromatic rings. The molecule has 4 heterocycles. The Morgan fingerprint density at radius 1 is 1.25 bits per heavy atom. The Bertz CT molecular complexity index is 762. The van der Waals surface area contributed by atoms with Crippen LogP contribution in [0.5, 0.6) is 0 Å². The third-order valence-corrected chi connectivity index (χ3v) is 6.70. The second-order valence-electron chi connectivity index (χ2n) is 6.59. The Labute approximate surface area is 171 Å². The molecule has 2 aliphatic rings. The van der Waals surface area contributed by atoms with Gasteiger partial charge in [-0.05, 0) is 18.9 Å². The third kappa shape index (κ3) is 5.09. The third-order valence-electron chi connectivity index (χ3n) is 4.70. The molecule has 4 rings (SSSR count). The molecule has 11 heteroatoms. The van der Waals surface area contributed by atoms with Crippen LogP contribution in [-0.2, 0) is 9.53 Å². The molecule has 0 spiro atoms. The molecule has 2 aromatic heterocycles. The first-order valence-electron chi connectivity index (χ1n) is 9.39. The highest BCUT2D eigenvalue weighted by Gasteiger charge is 2.23. The Kier molecular flexibility index (Phi) is 6.55. The highest BCUT2D eigenvalue weighted by atomic mass is 32.2. The number of anilines is 2. The smallest absolute Gasteiger partial charge is 0.233 e. The van der Waals surface area contributed by atoms with Crippen molar-refractivity contribution in [3.05, 3.63) is 18.5 Å². The molecule has 1 N–H and O–H groups in total. The van der Waals surface area contributed by atoms with Gasteiger partial charge in [0.05, 0.1) is 11.9 Å². The lowest BCUT2D eigenvalue weighted by Crippen LogP contribution is -2.49. The Morgan fingerprint density at radius 3 is 2.82 bits per heavy atom. The van der Waals surface area contributed by atoms with Gasteiger partial charge in [0.25, 0.3) is 0 Å². The summed E-state index contributed by atoms with van der Waals surface area (Å²) in [4.78, 5) is 25.0. The predicted octanol–water partition coefficient (Wildman–Crippen LogP) is 1.36. The topological polar surface area (TPSA) is 96.4 Å². The van der Waals surface area contributed by atoms with E-state index in [0.29, 0.717) is 18.8 Å². The molecule has 0 aliphatic carbocycles. The average Bonchev–Trinajstić information content (AvgIpc) is 3.43. The summed E-state index contributed by atoms with van der Waals surface area (Å²) in [5, 5.41) is 12.4. The summed E-state index contributed by atoms with van der Waals surface area (Å²) >= 11 is 2.92. The van der Waals surface area contributed by atoms with Crippen molar-refractivity contribution in [1.82, 2.24) is 25.1 Å². The van der Waals surface area contributed by atoms with Crippen LogP contribution in [0.4, 0.5) is 11.1 Å². The van der Waals surface area contributed by atoms with E-state index in [9.17, 15) is 4.79 Å². The summed E-state index contributed by atoms with van der Waals surface area (Å²) in [7, 11) is 0. The van der Waals surface area contributed by atoms with Gasteiger partial charge in [0.15, 0.2) is 4.34 Å². The Morgan fingerprint density at radius 2 is 2.07 bits per heavy atom. The number of hydrogen-bond acceptors (Lipinski definition) is 10. The van der Waals surface area contributed by atoms with Gasteiger partial charge in [0, 0.05) is 51.7 Å². The zero-order chi connectivity index (χ0) is 19.2. The van der Waals surface area contributed by atoms with E-state index in [-0.39, 0.29) is 12.0 Å². The predicted molar refractivity (Wildman–Crippen MR) is 109 cm³/mol. The summed E-state index contributed by atoms with van der Waals surface area (Å²) < 4.78 is 6.40. The first-order chi connectivity index (χ1) is 13.8. The van der Waals surface area contributed by atoms with Gasteiger partial charge in [0.2, 0.25) is 17.0 Å². The summed E-state index contributed by atoms with van der Waals surface area (Å²) in [5.41, 5.74) is 0. The van der Waals surface area contributed by atoms with E-state index < -0.39 is 0 Å². The number of thioether (sulfide) groups is 1. The molecule has 0 bridgehead atoms. The minimum Gasteiger partial charge on any atom is -0.376 e. The van der Waals surface area contributed by atoms with Crippen molar-refractivity contribution in [3.8, 4) is 0 Å². The SMILES string of the molecule is O=C(CSc1nnc(NCC2CCCO2)s1)N1CCN(c2ncccn2)CC1. The van der Waals surface area contributed by atoms with Gasteiger partial charge in [-0.1, -0.05) is 23.1 Å². The summed E-state index contributed by atoms with van der Waals surface area (Å²) in [6.45, 7) is 4.46. The molecular formula is C17H23N7O2S2. The number of rotatable bonds is 7. The molecule has 150 valence electrons. The number of ether oxygens (including phenoxy) is 1. The van der Waals surface area contributed by atoms with Crippen LogP contribution in [0.25, 0.3) is 0 Å². The molecule has 9 nitrogen and oxygen atoms in total. The van der Waals surface area contributed by atoms with Crippen molar-refractivity contribution in [3.63, 3.8) is 0 Å². The second-order valence-corrected chi connectivity index (χ2v) is 8.79. The number of carbonyl (C=O) groups excluding carboxylic acids is 1. The number of aromatic nitrogens is 4. The summed E-state index contributed by atoms with van der Waals surface area (Å²) in [5.74, 6) is 1.23. The van der Waals surface area contributed by atoms with Gasteiger partial charge in [0.1, 0.15) is 0 Å². The lowest BCUT2D eigenvalue weighted by molar-refractivity contribution is -0.128. The highest BCUT2D eigenvalue weighted by molar-refractivity contribution is 8.01. The van der Waals surface area contributed by atoms with Gasteiger partial charge in [-0.3, -0.25) is 4.79 Å². The van der Waals surface area contributed by atoms with Crippen LogP contribution in [0.1, 0.15) is 12.8 Å². The van der Waals surface area contributed by atoms with Crippen molar-refractivity contribution in [2.75, 3.05) is 55.3 Å². The zero-order valence-electron chi connectivity index (χ0n) is 15.5. The van der Waals surface area contributed by atoms with E-state index in [0.717, 1.165) is 54.5 Å². The summed E-state index contributed by atoms with van der Waals surface area (Å²) in [6, 6.07) is 1.80. The Balaban J connectivity index is 1.18. The van der Waals surface area contributed by atoms with Crippen molar-refractivity contribution >= 4 is 40.1 Å². The summed E-state index contributed by atoms with van der Waals surface area (Å²) in [6.07, 6.45) is 5.95. The van der Waals surface area contributed by atoms with Gasteiger partial charge in [-0.2, -0.15) is 0 Å². The average molecular weight is 422 g/mol. The molecule has 2 saturated heterocycles. The standard InChI is InChI=1S/C17H23N7O2S2/c25-14(23-6-8-24(9-7-23)15-18-4-2-5-19-15)12-27-17-22-21-16(28-17)20-11-13-3-1-10-26-13/h2,4-5,13H,1,3,6-12H2,(H,20,21). The highest BCUT2D eigenvalue weighted by Crippen LogP contribution is 2.26. The van der Waals surface area contributed by atoms with E-state index in [1.54, 1.807) is 18.5 Å². The fourth-order valence-electron chi connectivity index (χ4n) is 3.17. The minimum absolute atomic E-state index is 0.127. The fraction of sp³-hybridized carbons (Fsp3) is 0.588. The number of nitrogens with zero attached hydrogens (tertiary/aromatic N) is 6. The molecule has 1 amide bonds. The van der Waals surface area contributed by atoms with Crippen LogP contribution in [0.3, 0.4) is 0 Å². The van der Waals surface area contributed by atoms with Crippen molar-refractivity contribution in [2.24, 2.45) is 0 Å². The van der Waals surface area contributed by atoms with E-state index >= 15 is 0 Å². The maximum atomic E-state index is 12.5. The molecule has 0 saturated carbocycles. The molecule has 0 radical (unpaired) electrons. The van der Waals surface area contributed by atoms with Crippen LogP contribution in [0.15, 0.2) is 22.8 Å². The van der Waals surface area contributed by atoms with Crippen LogP contribution in [0, 0.1) is 0 Å². The largest absolute Gasteiger partial charge is 0.376 e. The molecule has 1 atom stereocenters. The van der Waals surface area contributed by atoms with E-state index in [2.05, 4.69) is 30.4 Å². The van der Waals surface area contributed by atoms with Crippen LogP contribution < -0.4 is 10.2 Å². The molecule has 28 heavy (non-hydrogen) atoms. The van der Waals surface area contributed by atoms with Crippen LogP contribution in [-0.4, -0.2) is 82.2 Å². The van der Waals surface area contributed by atoms with Crippen molar-refractivity contribution in [2.45, 2.75) is 23.3 Å². The van der Waals surface area contributed by atoms with Crippen LogP contribution in [0.2, 0.25) is 0 Å². The Hall–Kier alpha value is -1.98. The van der Waals surface area contributed by atoms with Crippen molar-refractivity contribution in [1.29, 1.82) is 0 Å². The monoisotopic (exact) mass is 421 g/mol. The van der Waals surface area contributed by atoms with E-state index in [1.165, 1.54) is 23.1 Å². The number of piperazine rings is 1. The normalized spacial score (nSPS) is 19.8. The van der Waals surface area contributed by atoms with Gasteiger partial charge < -0.3 is 19.9 Å². The van der Waals surface area contributed by atoms with Gasteiger partial charge in [-0.25, -0.2) is 9.97 Å². The number of carbonyl (C=O) groups is 1. The molecule has 2 fully saturated rings. The first-order valence-corrected chi connectivity index (χ1v) is 11.2. The molecule has 0 aromatic carbocycles. The maximum absolute atomic E-state index is 12.5. The van der Waals surface area contributed by atoms with E-state index in [1.807, 2.05) is 4.90 Å². The maximum Gasteiger partial charge on any atom is 0.233 e. The lowest BCUT2D eigenvalue weighted by Gasteiger charge is -2.34.